The number of para-hydroxylation sites is 1. The number of amides is 1. The third-order valence-corrected chi connectivity index (χ3v) is 8.01. The molecule has 4 aromatic rings. The first-order valence-corrected chi connectivity index (χ1v) is 13.2. The largest absolute Gasteiger partial charge is 0.478 e. The number of hydrogen-bond donors (Lipinski definition) is 2. The van der Waals surface area contributed by atoms with Crippen LogP contribution in [0.5, 0.6) is 0 Å². The van der Waals surface area contributed by atoms with Gasteiger partial charge in [-0.3, -0.25) is 14.2 Å². The van der Waals surface area contributed by atoms with Crippen LogP contribution in [0.25, 0.3) is 15.9 Å². The maximum absolute atomic E-state index is 13.7. The number of aromatic carboxylic acids is 1. The minimum absolute atomic E-state index is 0.0201. The van der Waals surface area contributed by atoms with Crippen LogP contribution in [0.3, 0.4) is 0 Å². The molecule has 5 rings (SSSR count). The Bertz CT molecular complexity index is 1540. The van der Waals surface area contributed by atoms with Crippen LogP contribution in [-0.4, -0.2) is 38.5 Å². The van der Waals surface area contributed by atoms with E-state index in [1.165, 1.54) is 17.2 Å². The lowest BCUT2D eigenvalue weighted by atomic mass is 9.97. The smallest absolute Gasteiger partial charge is 0.336 e. The van der Waals surface area contributed by atoms with E-state index in [4.69, 9.17) is 4.98 Å². The van der Waals surface area contributed by atoms with Crippen molar-refractivity contribution in [1.82, 2.24) is 15.0 Å². The number of nitrogens with one attached hydrogen (secondary N) is 1. The first-order chi connectivity index (χ1) is 17.5. The van der Waals surface area contributed by atoms with Gasteiger partial charge in [-0.25, -0.2) is 15.2 Å². The van der Waals surface area contributed by atoms with Gasteiger partial charge in [-0.05, 0) is 49.4 Å². The molecular formula is C26H22N4O4S2. The van der Waals surface area contributed by atoms with Gasteiger partial charge >= 0.3 is 5.97 Å². The van der Waals surface area contributed by atoms with E-state index in [9.17, 15) is 19.5 Å². The quantitative estimate of drug-likeness (QED) is 0.164. The fourth-order valence-corrected chi connectivity index (χ4v) is 6.34. The van der Waals surface area contributed by atoms with E-state index in [1.807, 2.05) is 30.3 Å². The van der Waals surface area contributed by atoms with Crippen LogP contribution in [0.1, 0.15) is 39.2 Å². The van der Waals surface area contributed by atoms with Crippen molar-refractivity contribution in [2.24, 2.45) is 5.10 Å². The molecule has 0 bridgehead atoms. The minimum Gasteiger partial charge on any atom is -0.478 e. The zero-order valence-corrected chi connectivity index (χ0v) is 20.8. The molecule has 10 heteroatoms. The normalized spacial score (nSPS) is 13.1. The van der Waals surface area contributed by atoms with Crippen molar-refractivity contribution >= 4 is 51.4 Å². The standard InChI is InChI=1S/C26H22N4O4S2/c31-21(29-27-14-16-8-4-5-11-18(16)25(33)34)15-35-26-28-23-22(19-12-6-7-13-20(19)36-23)24(32)30(26)17-9-2-1-3-10-17/h1-5,8-11,14H,6-7,12-13,15H2,(H,29,31)(H,33,34)/b27-14-. The highest BCUT2D eigenvalue weighted by molar-refractivity contribution is 7.99. The second-order valence-corrected chi connectivity index (χ2v) is 10.3. The number of rotatable bonds is 7. The van der Waals surface area contributed by atoms with Crippen molar-refractivity contribution in [3.63, 3.8) is 0 Å². The van der Waals surface area contributed by atoms with Gasteiger partial charge in [0.05, 0.1) is 28.6 Å². The molecule has 2 N–H and O–H groups in total. The summed E-state index contributed by atoms with van der Waals surface area (Å²) < 4.78 is 1.58. The number of carboxylic acids is 1. The predicted octanol–water partition coefficient (Wildman–Crippen LogP) is 4.27. The molecule has 182 valence electrons. The highest BCUT2D eigenvalue weighted by atomic mass is 32.2. The fraction of sp³-hybridized carbons (Fsp3) is 0.192. The molecule has 0 saturated carbocycles. The third kappa shape index (κ3) is 4.82. The van der Waals surface area contributed by atoms with E-state index in [2.05, 4.69) is 10.5 Å². The molecule has 2 aromatic carbocycles. The van der Waals surface area contributed by atoms with E-state index in [-0.39, 0.29) is 16.9 Å². The van der Waals surface area contributed by atoms with Crippen molar-refractivity contribution < 1.29 is 14.7 Å². The number of hydrogen-bond acceptors (Lipinski definition) is 7. The number of thioether (sulfide) groups is 1. The van der Waals surface area contributed by atoms with Gasteiger partial charge in [0, 0.05) is 10.4 Å². The third-order valence-electron chi connectivity index (χ3n) is 5.89. The molecule has 0 saturated heterocycles. The lowest BCUT2D eigenvalue weighted by Crippen LogP contribution is -2.24. The maximum Gasteiger partial charge on any atom is 0.336 e. The molecule has 1 aliphatic rings. The number of aryl methyl sites for hydroxylation is 2. The first kappa shape index (κ1) is 24.0. The molecule has 0 unspecified atom stereocenters. The van der Waals surface area contributed by atoms with E-state index < -0.39 is 11.9 Å². The Kier molecular flexibility index (Phi) is 6.97. The van der Waals surface area contributed by atoms with Gasteiger partial charge in [-0.1, -0.05) is 48.2 Å². The topological polar surface area (TPSA) is 114 Å². The Morgan fingerprint density at radius 3 is 2.67 bits per heavy atom. The number of thiophene rings is 1. The van der Waals surface area contributed by atoms with Crippen LogP contribution in [0.2, 0.25) is 0 Å². The number of nitrogens with zero attached hydrogens (tertiary/aromatic N) is 3. The lowest BCUT2D eigenvalue weighted by molar-refractivity contribution is -0.118. The SMILES string of the molecule is O=C(CSc1nc2sc3c(c2c(=O)n1-c1ccccc1)CCCC3)N/N=C\c1ccccc1C(=O)O. The molecule has 36 heavy (non-hydrogen) atoms. The van der Waals surface area contributed by atoms with Crippen LogP contribution in [-0.2, 0) is 17.6 Å². The average Bonchev–Trinajstić information content (AvgIpc) is 3.27. The van der Waals surface area contributed by atoms with Gasteiger partial charge in [0.2, 0.25) is 0 Å². The Morgan fingerprint density at radius 1 is 1.11 bits per heavy atom. The summed E-state index contributed by atoms with van der Waals surface area (Å²) in [5, 5.41) is 14.3. The number of benzene rings is 2. The van der Waals surface area contributed by atoms with E-state index in [1.54, 1.807) is 34.1 Å². The summed E-state index contributed by atoms with van der Waals surface area (Å²) in [5.41, 5.74) is 4.59. The molecule has 0 radical (unpaired) electrons. The number of aromatic nitrogens is 2. The van der Waals surface area contributed by atoms with Crippen LogP contribution >= 0.6 is 23.1 Å². The molecule has 0 fully saturated rings. The van der Waals surface area contributed by atoms with Crippen LogP contribution in [0, 0.1) is 0 Å². The van der Waals surface area contributed by atoms with Gasteiger partial charge in [-0.2, -0.15) is 5.10 Å². The molecule has 0 atom stereocenters. The van der Waals surface area contributed by atoms with Crippen molar-refractivity contribution in [3.05, 3.63) is 86.5 Å². The summed E-state index contributed by atoms with van der Waals surface area (Å²) in [6.45, 7) is 0. The molecule has 1 aliphatic carbocycles. The molecular weight excluding hydrogens is 496 g/mol. The Morgan fingerprint density at radius 2 is 1.86 bits per heavy atom. The minimum atomic E-state index is -1.07. The molecule has 0 aliphatic heterocycles. The monoisotopic (exact) mass is 518 g/mol. The lowest BCUT2D eigenvalue weighted by Gasteiger charge is -2.13. The predicted molar refractivity (Wildman–Crippen MR) is 142 cm³/mol. The van der Waals surface area contributed by atoms with Gasteiger partial charge in [-0.15, -0.1) is 11.3 Å². The Hall–Kier alpha value is -3.76. The van der Waals surface area contributed by atoms with E-state index in [0.29, 0.717) is 26.6 Å². The zero-order valence-electron chi connectivity index (χ0n) is 19.1. The fourth-order valence-electron chi connectivity index (χ4n) is 4.23. The summed E-state index contributed by atoms with van der Waals surface area (Å²) in [5.74, 6) is -1.49. The summed E-state index contributed by atoms with van der Waals surface area (Å²) >= 11 is 2.73. The molecule has 2 aromatic heterocycles. The average molecular weight is 519 g/mol. The molecule has 8 nitrogen and oxygen atoms in total. The number of carbonyl (C=O) groups excluding carboxylic acids is 1. The Balaban J connectivity index is 1.40. The molecule has 2 heterocycles. The first-order valence-electron chi connectivity index (χ1n) is 11.4. The van der Waals surface area contributed by atoms with Crippen molar-refractivity contribution in [2.45, 2.75) is 30.8 Å². The van der Waals surface area contributed by atoms with Gasteiger partial charge in [0.15, 0.2) is 5.16 Å². The van der Waals surface area contributed by atoms with Crippen LogP contribution in [0.15, 0.2) is 69.6 Å². The summed E-state index contributed by atoms with van der Waals surface area (Å²) in [7, 11) is 0. The van der Waals surface area contributed by atoms with Crippen LogP contribution < -0.4 is 11.0 Å². The second-order valence-electron chi connectivity index (χ2n) is 8.24. The van der Waals surface area contributed by atoms with Crippen molar-refractivity contribution in [2.75, 3.05) is 5.75 Å². The Labute approximate surface area is 214 Å². The van der Waals surface area contributed by atoms with E-state index in [0.717, 1.165) is 43.0 Å². The number of carbonyl (C=O) groups is 2. The van der Waals surface area contributed by atoms with Gasteiger partial charge in [0.25, 0.3) is 11.5 Å². The van der Waals surface area contributed by atoms with Crippen molar-refractivity contribution in [3.8, 4) is 5.69 Å². The van der Waals surface area contributed by atoms with Gasteiger partial charge < -0.3 is 5.11 Å². The number of fused-ring (bicyclic) bond motifs is 3. The highest BCUT2D eigenvalue weighted by Gasteiger charge is 2.23. The molecule has 1 amide bonds. The summed E-state index contributed by atoms with van der Waals surface area (Å²) in [6, 6.07) is 15.7. The van der Waals surface area contributed by atoms with Crippen molar-refractivity contribution in [1.29, 1.82) is 0 Å². The molecule has 0 spiro atoms. The number of carboxylic acid groups (broad SMARTS) is 1. The van der Waals surface area contributed by atoms with E-state index >= 15 is 0 Å². The van der Waals surface area contributed by atoms with Gasteiger partial charge in [0.1, 0.15) is 4.83 Å². The summed E-state index contributed by atoms with van der Waals surface area (Å²) in [6.07, 6.45) is 5.34. The number of hydrazone groups is 1. The second kappa shape index (κ2) is 10.5. The summed E-state index contributed by atoms with van der Waals surface area (Å²) in [4.78, 5) is 44.3. The zero-order chi connectivity index (χ0) is 25.1. The van der Waals surface area contributed by atoms with Crippen LogP contribution in [0.4, 0.5) is 0 Å². The maximum atomic E-state index is 13.7. The highest BCUT2D eigenvalue weighted by Crippen LogP contribution is 2.35.